The minimum atomic E-state index is -0.650. The minimum absolute atomic E-state index is 0.0253. The lowest BCUT2D eigenvalue weighted by atomic mass is 10.1. The Morgan fingerprint density at radius 2 is 1.62 bits per heavy atom. The van der Waals surface area contributed by atoms with Gasteiger partial charge in [-0.1, -0.05) is 54.6 Å². The molecular weight excluding hydrogens is 409 g/mol. The molecule has 1 aliphatic rings. The Morgan fingerprint density at radius 3 is 2.41 bits per heavy atom. The molecule has 1 heterocycles. The third-order valence-corrected chi connectivity index (χ3v) is 5.36. The first-order valence-corrected chi connectivity index (χ1v) is 10.3. The van der Waals surface area contributed by atoms with Crippen LogP contribution in [-0.2, 0) is 16.1 Å². The van der Waals surface area contributed by atoms with Gasteiger partial charge in [-0.3, -0.25) is 14.4 Å². The van der Waals surface area contributed by atoms with Gasteiger partial charge in [0.1, 0.15) is 5.82 Å². The van der Waals surface area contributed by atoms with E-state index in [0.29, 0.717) is 17.8 Å². The molecule has 1 saturated heterocycles. The molecule has 0 aromatic heterocycles. The molecule has 1 fully saturated rings. The summed E-state index contributed by atoms with van der Waals surface area (Å²) in [7, 11) is 0. The third-order valence-electron chi connectivity index (χ3n) is 5.36. The Hall–Kier alpha value is -4.00. The van der Waals surface area contributed by atoms with Gasteiger partial charge >= 0.3 is 0 Å². The Balaban J connectivity index is 1.43. The standard InChI is InChI=1S/C25H22FN3O3/c26-20-11-5-7-13-22(20)29-16-18(14-23(29)30)24(31)28-21-12-6-4-10-19(21)25(32)27-15-17-8-2-1-3-9-17/h1-13,18H,14-16H2,(H,27,32)(H,28,31)/t18-/m1/s1. The van der Waals surface area contributed by atoms with Gasteiger partial charge in [0.15, 0.2) is 0 Å². The van der Waals surface area contributed by atoms with Crippen LogP contribution in [0.1, 0.15) is 22.3 Å². The predicted octanol–water partition coefficient (Wildman–Crippen LogP) is 3.75. The van der Waals surface area contributed by atoms with E-state index in [4.69, 9.17) is 0 Å². The number of anilines is 2. The number of benzene rings is 3. The second-order valence-corrected chi connectivity index (χ2v) is 7.56. The van der Waals surface area contributed by atoms with Gasteiger partial charge in [-0.05, 0) is 29.8 Å². The summed E-state index contributed by atoms with van der Waals surface area (Å²) in [5.41, 5.74) is 1.81. The van der Waals surface area contributed by atoms with Crippen LogP contribution in [0.4, 0.5) is 15.8 Å². The van der Waals surface area contributed by atoms with Crippen LogP contribution in [0.3, 0.4) is 0 Å². The highest BCUT2D eigenvalue weighted by Gasteiger charge is 2.36. The Kier molecular flexibility index (Phi) is 6.26. The number of hydrogen-bond acceptors (Lipinski definition) is 3. The SMILES string of the molecule is O=C(NCc1ccccc1)c1ccccc1NC(=O)[C@@H]1CC(=O)N(c2ccccc2F)C1. The Morgan fingerprint density at radius 1 is 0.938 bits per heavy atom. The highest BCUT2D eigenvalue weighted by atomic mass is 19.1. The number of hydrogen-bond donors (Lipinski definition) is 2. The quantitative estimate of drug-likeness (QED) is 0.624. The van der Waals surface area contributed by atoms with E-state index in [1.54, 1.807) is 36.4 Å². The summed E-state index contributed by atoms with van der Waals surface area (Å²) < 4.78 is 14.1. The van der Waals surface area contributed by atoms with Crippen molar-refractivity contribution in [2.75, 3.05) is 16.8 Å². The number of nitrogens with one attached hydrogen (secondary N) is 2. The highest BCUT2D eigenvalue weighted by molar-refractivity contribution is 6.07. The number of para-hydroxylation sites is 2. The first kappa shape index (κ1) is 21.2. The number of halogens is 1. The molecule has 0 aliphatic carbocycles. The number of carbonyl (C=O) groups is 3. The third kappa shape index (κ3) is 4.67. The maximum atomic E-state index is 14.1. The minimum Gasteiger partial charge on any atom is -0.348 e. The second-order valence-electron chi connectivity index (χ2n) is 7.56. The lowest BCUT2D eigenvalue weighted by Crippen LogP contribution is -2.29. The average Bonchev–Trinajstić information content (AvgIpc) is 3.20. The summed E-state index contributed by atoms with van der Waals surface area (Å²) in [4.78, 5) is 39.3. The van der Waals surface area contributed by atoms with E-state index in [2.05, 4.69) is 10.6 Å². The van der Waals surface area contributed by atoms with Crippen molar-refractivity contribution < 1.29 is 18.8 Å². The number of amides is 3. The van der Waals surface area contributed by atoms with Crippen molar-refractivity contribution in [3.8, 4) is 0 Å². The topological polar surface area (TPSA) is 78.5 Å². The first-order chi connectivity index (χ1) is 15.5. The number of nitrogens with zero attached hydrogens (tertiary/aromatic N) is 1. The van der Waals surface area contributed by atoms with Crippen molar-refractivity contribution in [1.82, 2.24) is 5.32 Å². The van der Waals surface area contributed by atoms with Gasteiger partial charge in [-0.15, -0.1) is 0 Å². The van der Waals surface area contributed by atoms with Crippen LogP contribution in [0.5, 0.6) is 0 Å². The van der Waals surface area contributed by atoms with Crippen LogP contribution in [0.15, 0.2) is 78.9 Å². The number of rotatable bonds is 6. The van der Waals surface area contributed by atoms with Crippen molar-refractivity contribution >= 4 is 29.1 Å². The Bertz CT molecular complexity index is 1150. The molecular formula is C25H22FN3O3. The average molecular weight is 431 g/mol. The Labute approximate surface area is 185 Å². The summed E-state index contributed by atoms with van der Waals surface area (Å²) in [6.07, 6.45) is -0.0253. The molecule has 1 atom stereocenters. The van der Waals surface area contributed by atoms with E-state index in [1.807, 2.05) is 30.3 Å². The molecule has 7 heteroatoms. The van der Waals surface area contributed by atoms with E-state index in [-0.39, 0.29) is 36.4 Å². The summed E-state index contributed by atoms with van der Waals surface area (Å²) in [5.74, 6) is -2.19. The van der Waals surface area contributed by atoms with E-state index in [0.717, 1.165) is 5.56 Å². The van der Waals surface area contributed by atoms with Crippen molar-refractivity contribution in [1.29, 1.82) is 0 Å². The van der Waals surface area contributed by atoms with Crippen LogP contribution in [0.25, 0.3) is 0 Å². The van der Waals surface area contributed by atoms with Crippen LogP contribution in [0, 0.1) is 11.7 Å². The van der Waals surface area contributed by atoms with Gasteiger partial charge in [0.2, 0.25) is 11.8 Å². The van der Waals surface area contributed by atoms with E-state index in [9.17, 15) is 18.8 Å². The van der Waals surface area contributed by atoms with Gasteiger partial charge in [-0.2, -0.15) is 0 Å². The van der Waals surface area contributed by atoms with Gasteiger partial charge in [-0.25, -0.2) is 4.39 Å². The van der Waals surface area contributed by atoms with Crippen molar-refractivity contribution in [3.63, 3.8) is 0 Å². The fourth-order valence-corrected chi connectivity index (χ4v) is 3.69. The van der Waals surface area contributed by atoms with Gasteiger partial charge < -0.3 is 15.5 Å². The normalized spacial score (nSPS) is 15.5. The molecule has 2 N–H and O–H groups in total. The molecule has 3 aromatic rings. The lowest BCUT2D eigenvalue weighted by molar-refractivity contribution is -0.122. The maximum Gasteiger partial charge on any atom is 0.253 e. The predicted molar refractivity (Wildman–Crippen MR) is 120 cm³/mol. The zero-order valence-corrected chi connectivity index (χ0v) is 17.3. The van der Waals surface area contributed by atoms with Crippen LogP contribution in [-0.4, -0.2) is 24.3 Å². The summed E-state index contributed by atoms with van der Waals surface area (Å²) in [5, 5.41) is 5.61. The largest absolute Gasteiger partial charge is 0.348 e. The number of carbonyl (C=O) groups excluding carboxylic acids is 3. The molecule has 0 spiro atoms. The van der Waals surface area contributed by atoms with Crippen LogP contribution >= 0.6 is 0 Å². The molecule has 3 aromatic carbocycles. The molecule has 4 rings (SSSR count). The van der Waals surface area contributed by atoms with E-state index in [1.165, 1.54) is 17.0 Å². The molecule has 3 amide bonds. The van der Waals surface area contributed by atoms with Crippen molar-refractivity contribution in [2.24, 2.45) is 5.92 Å². The molecule has 6 nitrogen and oxygen atoms in total. The second kappa shape index (κ2) is 9.43. The van der Waals surface area contributed by atoms with Crippen LogP contribution < -0.4 is 15.5 Å². The van der Waals surface area contributed by atoms with Crippen molar-refractivity contribution in [2.45, 2.75) is 13.0 Å². The fraction of sp³-hybridized carbons (Fsp3) is 0.160. The molecule has 0 unspecified atom stereocenters. The zero-order valence-electron chi connectivity index (χ0n) is 17.3. The molecule has 0 saturated carbocycles. The highest BCUT2D eigenvalue weighted by Crippen LogP contribution is 2.28. The van der Waals surface area contributed by atoms with Crippen molar-refractivity contribution in [3.05, 3.63) is 95.8 Å². The lowest BCUT2D eigenvalue weighted by Gasteiger charge is -2.17. The molecule has 0 radical (unpaired) electrons. The molecule has 0 bridgehead atoms. The molecule has 1 aliphatic heterocycles. The summed E-state index contributed by atoms with van der Waals surface area (Å²) in [6, 6.07) is 22.2. The maximum absolute atomic E-state index is 14.1. The summed E-state index contributed by atoms with van der Waals surface area (Å²) in [6.45, 7) is 0.435. The monoisotopic (exact) mass is 431 g/mol. The summed E-state index contributed by atoms with van der Waals surface area (Å²) >= 11 is 0. The smallest absolute Gasteiger partial charge is 0.253 e. The van der Waals surface area contributed by atoms with E-state index < -0.39 is 11.7 Å². The molecule has 32 heavy (non-hydrogen) atoms. The van der Waals surface area contributed by atoms with Gasteiger partial charge in [0.25, 0.3) is 5.91 Å². The molecule has 162 valence electrons. The first-order valence-electron chi connectivity index (χ1n) is 10.3. The van der Waals surface area contributed by atoms with E-state index >= 15 is 0 Å². The van der Waals surface area contributed by atoms with Gasteiger partial charge in [0.05, 0.1) is 22.9 Å². The van der Waals surface area contributed by atoms with Crippen LogP contribution in [0.2, 0.25) is 0 Å². The van der Waals surface area contributed by atoms with Gasteiger partial charge in [0, 0.05) is 19.5 Å². The fourth-order valence-electron chi connectivity index (χ4n) is 3.69. The zero-order chi connectivity index (χ0) is 22.5.